The number of piperidine rings is 1. The van der Waals surface area contributed by atoms with Crippen LogP contribution in [-0.2, 0) is 4.74 Å². The average Bonchev–Trinajstić information content (AvgIpc) is 2.52. The van der Waals surface area contributed by atoms with E-state index in [4.69, 9.17) is 4.74 Å². The molecular weight excluding hydrogens is 280 g/mol. The highest BCUT2D eigenvalue weighted by molar-refractivity contribution is 5.95. The Hall–Kier alpha value is -1.46. The van der Waals surface area contributed by atoms with Crippen molar-refractivity contribution in [2.45, 2.75) is 33.1 Å². The molecule has 0 spiro atoms. The molecule has 1 aliphatic heterocycles. The van der Waals surface area contributed by atoms with Crippen molar-refractivity contribution in [3.8, 4) is 0 Å². The molecule has 2 rings (SSSR count). The zero-order chi connectivity index (χ0) is 16.2. The van der Waals surface area contributed by atoms with Crippen LogP contribution in [0.25, 0.3) is 0 Å². The highest BCUT2D eigenvalue weighted by atomic mass is 16.5. The van der Waals surface area contributed by atoms with E-state index >= 15 is 0 Å². The third kappa shape index (κ3) is 3.65. The van der Waals surface area contributed by atoms with Crippen molar-refractivity contribution in [2.24, 2.45) is 5.41 Å². The van der Waals surface area contributed by atoms with Gasteiger partial charge in [0.15, 0.2) is 0 Å². The lowest BCUT2D eigenvalue weighted by Gasteiger charge is -2.42. The number of aryl methyl sites for hydroxylation is 2. The predicted molar refractivity (Wildman–Crippen MR) is 84.9 cm³/mol. The van der Waals surface area contributed by atoms with E-state index in [1.807, 2.05) is 24.8 Å². The van der Waals surface area contributed by atoms with Gasteiger partial charge in [0.05, 0.1) is 12.2 Å². The standard InChI is InChI=1S/C17H26N2O3/c1-13-9-14(2)18-10-15(13)16(21)19-7-4-5-17(11-19,12-20)6-8-22-3/h9-10,20H,4-8,11-12H2,1-3H3/t17-/m0/s1. The molecule has 22 heavy (non-hydrogen) atoms. The van der Waals surface area contributed by atoms with Gasteiger partial charge in [-0.2, -0.15) is 0 Å². The van der Waals surface area contributed by atoms with Gasteiger partial charge in [0, 0.05) is 44.1 Å². The van der Waals surface area contributed by atoms with Gasteiger partial charge < -0.3 is 14.7 Å². The number of nitrogens with zero attached hydrogens (tertiary/aromatic N) is 2. The molecule has 0 bridgehead atoms. The lowest BCUT2D eigenvalue weighted by atomic mass is 9.78. The second-order valence-electron chi connectivity index (χ2n) is 6.37. The van der Waals surface area contributed by atoms with Crippen molar-refractivity contribution in [2.75, 3.05) is 33.4 Å². The van der Waals surface area contributed by atoms with Crippen molar-refractivity contribution in [1.82, 2.24) is 9.88 Å². The zero-order valence-corrected chi connectivity index (χ0v) is 13.8. The summed E-state index contributed by atoms with van der Waals surface area (Å²) < 4.78 is 5.16. The molecule has 1 fully saturated rings. The SMILES string of the molecule is COCC[C@@]1(CO)CCCN(C(=O)c2cnc(C)cc2C)C1. The summed E-state index contributed by atoms with van der Waals surface area (Å²) in [6.07, 6.45) is 4.28. The number of carbonyl (C=O) groups excluding carboxylic acids is 1. The van der Waals surface area contributed by atoms with Crippen LogP contribution in [0.2, 0.25) is 0 Å². The van der Waals surface area contributed by atoms with Crippen LogP contribution in [0, 0.1) is 19.3 Å². The number of ether oxygens (including phenoxy) is 1. The van der Waals surface area contributed by atoms with E-state index in [0.29, 0.717) is 18.7 Å². The molecule has 0 unspecified atom stereocenters. The molecule has 0 aromatic carbocycles. The topological polar surface area (TPSA) is 62.7 Å². The maximum absolute atomic E-state index is 12.8. The Morgan fingerprint density at radius 3 is 2.91 bits per heavy atom. The lowest BCUT2D eigenvalue weighted by molar-refractivity contribution is 0.00893. The van der Waals surface area contributed by atoms with E-state index in [9.17, 15) is 9.90 Å². The monoisotopic (exact) mass is 306 g/mol. The summed E-state index contributed by atoms with van der Waals surface area (Å²) >= 11 is 0. The van der Waals surface area contributed by atoms with Gasteiger partial charge in [-0.3, -0.25) is 9.78 Å². The minimum atomic E-state index is -0.240. The number of carbonyl (C=O) groups is 1. The van der Waals surface area contributed by atoms with Gasteiger partial charge in [-0.15, -0.1) is 0 Å². The van der Waals surface area contributed by atoms with E-state index in [1.54, 1.807) is 13.3 Å². The predicted octanol–water partition coefficient (Wildman–Crippen LogP) is 1.95. The molecule has 122 valence electrons. The first-order valence-electron chi connectivity index (χ1n) is 7.84. The molecule has 0 radical (unpaired) electrons. The van der Waals surface area contributed by atoms with Gasteiger partial charge in [0.25, 0.3) is 5.91 Å². The first-order chi connectivity index (χ1) is 10.5. The molecule has 1 saturated heterocycles. The van der Waals surface area contributed by atoms with Gasteiger partial charge in [0.2, 0.25) is 0 Å². The molecule has 0 aliphatic carbocycles. The van der Waals surface area contributed by atoms with Crippen LogP contribution in [0.15, 0.2) is 12.3 Å². The maximum atomic E-state index is 12.8. The van der Waals surface area contributed by atoms with Gasteiger partial charge in [-0.1, -0.05) is 0 Å². The summed E-state index contributed by atoms with van der Waals surface area (Å²) in [4.78, 5) is 18.9. The third-order valence-electron chi connectivity index (χ3n) is 4.60. The fourth-order valence-corrected chi connectivity index (χ4v) is 3.20. The number of aromatic nitrogens is 1. The van der Waals surface area contributed by atoms with E-state index < -0.39 is 0 Å². The van der Waals surface area contributed by atoms with Gasteiger partial charge in [0.1, 0.15) is 0 Å². The van der Waals surface area contributed by atoms with Gasteiger partial charge in [-0.25, -0.2) is 0 Å². The van der Waals surface area contributed by atoms with Crippen LogP contribution in [0.1, 0.15) is 40.9 Å². The van der Waals surface area contributed by atoms with Crippen LogP contribution in [0.3, 0.4) is 0 Å². The number of pyridine rings is 1. The van der Waals surface area contributed by atoms with Crippen LogP contribution in [0.5, 0.6) is 0 Å². The van der Waals surface area contributed by atoms with Crippen molar-refractivity contribution in [3.63, 3.8) is 0 Å². The number of rotatable bonds is 5. The molecule has 1 amide bonds. The normalized spacial score (nSPS) is 21.9. The number of hydrogen-bond acceptors (Lipinski definition) is 4. The summed E-state index contributed by atoms with van der Waals surface area (Å²) in [5.74, 6) is 0.0138. The number of methoxy groups -OCH3 is 1. The van der Waals surface area contributed by atoms with Crippen molar-refractivity contribution in [3.05, 3.63) is 29.1 Å². The highest BCUT2D eigenvalue weighted by Crippen LogP contribution is 2.33. The number of likely N-dealkylation sites (tertiary alicyclic amines) is 1. The average molecular weight is 306 g/mol. The van der Waals surface area contributed by atoms with Gasteiger partial charge in [-0.05, 0) is 44.7 Å². The zero-order valence-electron chi connectivity index (χ0n) is 13.8. The molecular formula is C17H26N2O3. The second-order valence-corrected chi connectivity index (χ2v) is 6.37. The summed E-state index contributed by atoms with van der Waals surface area (Å²) in [7, 11) is 1.66. The fourth-order valence-electron chi connectivity index (χ4n) is 3.20. The largest absolute Gasteiger partial charge is 0.396 e. The number of aliphatic hydroxyl groups excluding tert-OH is 1. The minimum Gasteiger partial charge on any atom is -0.396 e. The van der Waals surface area contributed by atoms with E-state index in [0.717, 1.165) is 37.1 Å². The fraction of sp³-hybridized carbons (Fsp3) is 0.647. The first kappa shape index (κ1) is 16.9. The Balaban J connectivity index is 2.15. The van der Waals surface area contributed by atoms with E-state index in [-0.39, 0.29) is 17.9 Å². The molecule has 1 aromatic heterocycles. The molecule has 2 heterocycles. The van der Waals surface area contributed by atoms with Crippen molar-refractivity contribution >= 4 is 5.91 Å². The molecule has 1 atom stereocenters. The first-order valence-corrected chi connectivity index (χ1v) is 7.84. The highest BCUT2D eigenvalue weighted by Gasteiger charge is 2.36. The molecule has 1 aliphatic rings. The van der Waals surface area contributed by atoms with E-state index in [1.165, 1.54) is 0 Å². The molecule has 0 saturated carbocycles. The van der Waals surface area contributed by atoms with Gasteiger partial charge >= 0.3 is 0 Å². The lowest BCUT2D eigenvalue weighted by Crippen LogP contribution is -2.48. The Morgan fingerprint density at radius 2 is 2.27 bits per heavy atom. The smallest absolute Gasteiger partial charge is 0.255 e. The Labute approximate surface area is 132 Å². The molecule has 1 aromatic rings. The number of amides is 1. The van der Waals surface area contributed by atoms with Crippen LogP contribution >= 0.6 is 0 Å². The van der Waals surface area contributed by atoms with E-state index in [2.05, 4.69) is 4.98 Å². The van der Waals surface area contributed by atoms with Crippen molar-refractivity contribution < 1.29 is 14.6 Å². The summed E-state index contributed by atoms with van der Waals surface area (Å²) in [6.45, 7) is 5.87. The van der Waals surface area contributed by atoms with Crippen molar-refractivity contribution in [1.29, 1.82) is 0 Å². The molecule has 1 N–H and O–H groups in total. The maximum Gasteiger partial charge on any atom is 0.255 e. The number of aliphatic hydroxyl groups is 1. The van der Waals surface area contributed by atoms with Crippen LogP contribution in [-0.4, -0.2) is 54.3 Å². The summed E-state index contributed by atoms with van der Waals surface area (Å²) in [5.41, 5.74) is 2.29. The second kappa shape index (κ2) is 7.20. The molecule has 5 nitrogen and oxygen atoms in total. The summed E-state index contributed by atoms with van der Waals surface area (Å²) in [5, 5.41) is 9.82. The number of hydrogen-bond donors (Lipinski definition) is 1. The molecule has 5 heteroatoms. The quantitative estimate of drug-likeness (QED) is 0.903. The van der Waals surface area contributed by atoms with Crippen LogP contribution < -0.4 is 0 Å². The van der Waals surface area contributed by atoms with Crippen LogP contribution in [0.4, 0.5) is 0 Å². The Bertz CT molecular complexity index is 533. The minimum absolute atomic E-state index is 0.0138. The Morgan fingerprint density at radius 1 is 1.50 bits per heavy atom. The Kier molecular flexibility index (Phi) is 5.53. The summed E-state index contributed by atoms with van der Waals surface area (Å²) in [6, 6.07) is 1.93. The third-order valence-corrected chi connectivity index (χ3v) is 4.60.